The van der Waals surface area contributed by atoms with E-state index in [1.807, 2.05) is 19.1 Å². The number of esters is 1. The van der Waals surface area contributed by atoms with Gasteiger partial charge < -0.3 is 9.84 Å². The van der Waals surface area contributed by atoms with E-state index >= 15 is 0 Å². The van der Waals surface area contributed by atoms with Gasteiger partial charge >= 0.3 is 5.97 Å². The molecule has 1 amide bonds. The zero-order valence-corrected chi connectivity index (χ0v) is 15.8. The maximum atomic E-state index is 12.3. The van der Waals surface area contributed by atoms with Crippen molar-refractivity contribution >= 4 is 28.5 Å². The lowest BCUT2D eigenvalue weighted by atomic mass is 10.1. The number of rotatable bonds is 6. The Balaban J connectivity index is 1.93. The third-order valence-electron chi connectivity index (χ3n) is 4.36. The van der Waals surface area contributed by atoms with E-state index in [0.29, 0.717) is 16.5 Å². The molecule has 7 heteroatoms. The predicted octanol–water partition coefficient (Wildman–Crippen LogP) is 4.40. The highest BCUT2D eigenvalue weighted by Gasteiger charge is 2.19. The number of nitrogens with zero attached hydrogens (tertiary/aromatic N) is 3. The van der Waals surface area contributed by atoms with E-state index in [-0.39, 0.29) is 24.7 Å². The van der Waals surface area contributed by atoms with Crippen LogP contribution in [0.15, 0.2) is 58.8 Å². The summed E-state index contributed by atoms with van der Waals surface area (Å²) in [7, 11) is 0. The summed E-state index contributed by atoms with van der Waals surface area (Å²) in [5, 5.41) is 18.9. The van der Waals surface area contributed by atoms with E-state index in [9.17, 15) is 14.7 Å². The minimum absolute atomic E-state index is 0.137. The smallest absolute Gasteiger partial charge is 0.326 e. The van der Waals surface area contributed by atoms with Gasteiger partial charge in [-0.1, -0.05) is 37.3 Å². The van der Waals surface area contributed by atoms with Crippen molar-refractivity contribution in [3.05, 3.63) is 59.7 Å². The maximum Gasteiger partial charge on any atom is 0.326 e. The van der Waals surface area contributed by atoms with Gasteiger partial charge in [0.05, 0.1) is 12.1 Å². The number of aromatic nitrogens is 1. The molecule has 0 atom stereocenters. The van der Waals surface area contributed by atoms with E-state index in [1.54, 1.807) is 43.3 Å². The van der Waals surface area contributed by atoms with Crippen molar-refractivity contribution < 1.29 is 19.4 Å². The molecule has 3 aromatic rings. The molecule has 1 heterocycles. The Morgan fingerprint density at radius 1 is 1.07 bits per heavy atom. The second-order valence-corrected chi connectivity index (χ2v) is 6.14. The Hall–Kier alpha value is -3.48. The number of hydrogen-bond donors (Lipinski definition) is 1. The first kappa shape index (κ1) is 19.3. The van der Waals surface area contributed by atoms with Gasteiger partial charge in [-0.15, -0.1) is 10.2 Å². The Morgan fingerprint density at radius 3 is 2.46 bits per heavy atom. The van der Waals surface area contributed by atoms with E-state index in [2.05, 4.69) is 10.2 Å². The average Bonchev–Trinajstić information content (AvgIpc) is 2.97. The lowest BCUT2D eigenvalue weighted by molar-refractivity contribution is -0.143. The van der Waals surface area contributed by atoms with Crippen LogP contribution in [-0.4, -0.2) is 28.2 Å². The number of amides is 1. The molecule has 0 aliphatic carbocycles. The summed E-state index contributed by atoms with van der Waals surface area (Å²) >= 11 is 0. The first-order chi connectivity index (χ1) is 13.5. The SMILES string of the molecule is CCOC(=O)Cn1c(O)c(N=NC(=O)c2ccc(CC)cc2)c2ccccc21. The Morgan fingerprint density at radius 2 is 1.79 bits per heavy atom. The summed E-state index contributed by atoms with van der Waals surface area (Å²) in [5.74, 6) is -1.23. The van der Waals surface area contributed by atoms with Gasteiger partial charge in [-0.3, -0.25) is 14.2 Å². The summed E-state index contributed by atoms with van der Waals surface area (Å²) in [6, 6.07) is 14.2. The standard InChI is InChI=1S/C21H21N3O4/c1-3-14-9-11-15(12-10-14)20(26)23-22-19-16-7-5-6-8-17(16)24(21(19)27)13-18(25)28-4-2/h5-12,27H,3-4,13H2,1-2H3. The van der Waals surface area contributed by atoms with E-state index in [4.69, 9.17) is 4.74 Å². The van der Waals surface area contributed by atoms with Gasteiger partial charge in [-0.2, -0.15) is 0 Å². The van der Waals surface area contributed by atoms with Gasteiger partial charge in [-0.05, 0) is 37.1 Å². The van der Waals surface area contributed by atoms with Gasteiger partial charge in [0.1, 0.15) is 6.54 Å². The van der Waals surface area contributed by atoms with E-state index in [1.165, 1.54) is 4.57 Å². The second kappa shape index (κ2) is 8.47. The van der Waals surface area contributed by atoms with Gasteiger partial charge in [0.25, 0.3) is 5.91 Å². The number of hydrogen-bond acceptors (Lipinski definition) is 5. The number of azo groups is 1. The van der Waals surface area contributed by atoms with Gasteiger partial charge in [0.2, 0.25) is 5.88 Å². The molecule has 0 spiro atoms. The van der Waals surface area contributed by atoms with Crippen molar-refractivity contribution in [3.8, 4) is 5.88 Å². The number of aromatic hydroxyl groups is 1. The molecule has 1 N–H and O–H groups in total. The number of para-hydroxylation sites is 1. The van der Waals surface area contributed by atoms with E-state index < -0.39 is 11.9 Å². The number of ether oxygens (including phenoxy) is 1. The third-order valence-corrected chi connectivity index (χ3v) is 4.36. The molecule has 0 unspecified atom stereocenters. The van der Waals surface area contributed by atoms with Crippen LogP contribution in [0, 0.1) is 0 Å². The van der Waals surface area contributed by atoms with Crippen LogP contribution in [0.2, 0.25) is 0 Å². The molecule has 28 heavy (non-hydrogen) atoms. The number of fused-ring (bicyclic) bond motifs is 1. The van der Waals surface area contributed by atoms with Crippen LogP contribution in [0.4, 0.5) is 5.69 Å². The molecule has 144 valence electrons. The van der Waals surface area contributed by atoms with Crippen LogP contribution in [0.5, 0.6) is 5.88 Å². The monoisotopic (exact) mass is 379 g/mol. The van der Waals surface area contributed by atoms with Crippen LogP contribution in [0.25, 0.3) is 10.9 Å². The molecule has 0 aliphatic rings. The fourth-order valence-corrected chi connectivity index (χ4v) is 2.90. The van der Waals surface area contributed by atoms with Crippen molar-refractivity contribution in [1.82, 2.24) is 4.57 Å². The Bertz CT molecular complexity index is 1040. The van der Waals surface area contributed by atoms with Gasteiger partial charge in [-0.25, -0.2) is 0 Å². The minimum Gasteiger partial charge on any atom is -0.493 e. The molecule has 0 aliphatic heterocycles. The van der Waals surface area contributed by atoms with Crippen LogP contribution in [0.1, 0.15) is 29.8 Å². The largest absolute Gasteiger partial charge is 0.493 e. The zero-order valence-electron chi connectivity index (χ0n) is 15.8. The highest BCUT2D eigenvalue weighted by Crippen LogP contribution is 2.38. The molecular formula is C21H21N3O4. The second-order valence-electron chi connectivity index (χ2n) is 6.14. The van der Waals surface area contributed by atoms with Crippen molar-refractivity contribution in [1.29, 1.82) is 0 Å². The van der Waals surface area contributed by atoms with Crippen LogP contribution >= 0.6 is 0 Å². The maximum absolute atomic E-state index is 12.3. The molecule has 0 radical (unpaired) electrons. The number of carbonyl (C=O) groups is 2. The fourth-order valence-electron chi connectivity index (χ4n) is 2.90. The summed E-state index contributed by atoms with van der Waals surface area (Å²) in [5.41, 5.74) is 2.27. The van der Waals surface area contributed by atoms with Crippen molar-refractivity contribution in [2.75, 3.05) is 6.61 Å². The third kappa shape index (κ3) is 3.93. The summed E-state index contributed by atoms with van der Waals surface area (Å²) < 4.78 is 6.35. The Kier molecular flexibility index (Phi) is 5.84. The predicted molar refractivity (Wildman–Crippen MR) is 105 cm³/mol. The van der Waals surface area contributed by atoms with Crippen molar-refractivity contribution in [2.24, 2.45) is 10.2 Å². The highest BCUT2D eigenvalue weighted by atomic mass is 16.5. The van der Waals surface area contributed by atoms with Crippen LogP contribution < -0.4 is 0 Å². The first-order valence-corrected chi connectivity index (χ1v) is 9.06. The zero-order chi connectivity index (χ0) is 20.1. The fraction of sp³-hybridized carbons (Fsp3) is 0.238. The number of aryl methyl sites for hydroxylation is 1. The molecule has 2 aromatic carbocycles. The summed E-state index contributed by atoms with van der Waals surface area (Å²) in [6.07, 6.45) is 0.879. The molecule has 0 bridgehead atoms. The molecular weight excluding hydrogens is 358 g/mol. The highest BCUT2D eigenvalue weighted by molar-refractivity contribution is 5.97. The first-order valence-electron chi connectivity index (χ1n) is 9.06. The molecule has 0 fully saturated rings. The van der Waals surface area contributed by atoms with Crippen molar-refractivity contribution in [3.63, 3.8) is 0 Å². The van der Waals surface area contributed by atoms with Gasteiger partial charge in [0, 0.05) is 10.9 Å². The quantitative estimate of drug-likeness (QED) is 0.507. The Labute approximate surface area is 162 Å². The van der Waals surface area contributed by atoms with Crippen LogP contribution in [-0.2, 0) is 22.5 Å². The number of carbonyl (C=O) groups excluding carboxylic acids is 2. The summed E-state index contributed by atoms with van der Waals surface area (Å²) in [6.45, 7) is 3.83. The van der Waals surface area contributed by atoms with Gasteiger partial charge in [0.15, 0.2) is 5.69 Å². The molecule has 3 rings (SSSR count). The summed E-state index contributed by atoms with van der Waals surface area (Å²) in [4.78, 5) is 24.2. The number of benzene rings is 2. The minimum atomic E-state index is -0.510. The molecule has 0 saturated heterocycles. The normalized spacial score (nSPS) is 11.2. The lowest BCUT2D eigenvalue weighted by Crippen LogP contribution is -2.12. The molecule has 1 aromatic heterocycles. The molecule has 7 nitrogen and oxygen atoms in total. The lowest BCUT2D eigenvalue weighted by Gasteiger charge is -2.06. The van der Waals surface area contributed by atoms with E-state index in [0.717, 1.165) is 12.0 Å². The molecule has 0 saturated carbocycles. The average molecular weight is 379 g/mol. The van der Waals surface area contributed by atoms with Crippen molar-refractivity contribution in [2.45, 2.75) is 26.8 Å². The topological polar surface area (TPSA) is 93.2 Å². The van der Waals surface area contributed by atoms with Crippen LogP contribution in [0.3, 0.4) is 0 Å².